The number of aliphatic hydroxyl groups excluding tert-OH is 1. The Morgan fingerprint density at radius 3 is 2.75 bits per heavy atom. The first-order valence-corrected chi connectivity index (χ1v) is 6.74. The fourth-order valence-electron chi connectivity index (χ4n) is 1.64. The molecule has 0 bridgehead atoms. The molecular formula is C15H17ClN2O2. The van der Waals surface area contributed by atoms with Crippen LogP contribution < -0.4 is 10.1 Å². The van der Waals surface area contributed by atoms with E-state index < -0.39 is 6.10 Å². The van der Waals surface area contributed by atoms with E-state index in [0.717, 1.165) is 11.4 Å². The van der Waals surface area contributed by atoms with Crippen molar-refractivity contribution in [2.75, 3.05) is 18.5 Å². The largest absolute Gasteiger partial charge is 0.491 e. The van der Waals surface area contributed by atoms with E-state index in [-0.39, 0.29) is 6.61 Å². The average Bonchev–Trinajstić information content (AvgIpc) is 2.45. The molecule has 0 fully saturated rings. The molecule has 2 aromatic rings. The molecule has 0 aliphatic heterocycles. The number of nitrogens with zero attached hydrogens (tertiary/aromatic N) is 1. The third-order valence-electron chi connectivity index (χ3n) is 2.69. The van der Waals surface area contributed by atoms with Gasteiger partial charge in [-0.15, -0.1) is 0 Å². The molecule has 0 aliphatic rings. The number of aryl methyl sites for hydroxylation is 1. The molecule has 1 atom stereocenters. The summed E-state index contributed by atoms with van der Waals surface area (Å²) in [5, 5.41) is 13.6. The number of anilines is 1. The number of hydrogen-bond acceptors (Lipinski definition) is 4. The van der Waals surface area contributed by atoms with Crippen LogP contribution in [0.1, 0.15) is 5.56 Å². The lowest BCUT2D eigenvalue weighted by molar-refractivity contribution is 0.117. The van der Waals surface area contributed by atoms with Gasteiger partial charge in [-0.3, -0.25) is 0 Å². The molecule has 0 saturated carbocycles. The fourth-order valence-corrected chi connectivity index (χ4v) is 1.76. The first kappa shape index (κ1) is 14.6. The molecule has 1 aromatic carbocycles. The molecule has 106 valence electrons. The Morgan fingerprint density at radius 2 is 2.05 bits per heavy atom. The van der Waals surface area contributed by atoms with E-state index in [1.807, 2.05) is 19.1 Å². The van der Waals surface area contributed by atoms with Crippen LogP contribution in [0.25, 0.3) is 0 Å². The van der Waals surface area contributed by atoms with Crippen molar-refractivity contribution in [2.24, 2.45) is 0 Å². The monoisotopic (exact) mass is 292 g/mol. The number of ether oxygens (including phenoxy) is 1. The minimum absolute atomic E-state index is 0.209. The summed E-state index contributed by atoms with van der Waals surface area (Å²) >= 11 is 5.78. The topological polar surface area (TPSA) is 54.4 Å². The van der Waals surface area contributed by atoms with Crippen LogP contribution in [-0.4, -0.2) is 29.3 Å². The summed E-state index contributed by atoms with van der Waals surface area (Å²) in [4.78, 5) is 4.16. The van der Waals surface area contributed by atoms with E-state index >= 15 is 0 Å². The maximum absolute atomic E-state index is 9.85. The van der Waals surface area contributed by atoms with Gasteiger partial charge in [-0.25, -0.2) is 4.98 Å². The second kappa shape index (κ2) is 7.12. The molecule has 20 heavy (non-hydrogen) atoms. The first-order chi connectivity index (χ1) is 9.63. The highest BCUT2D eigenvalue weighted by atomic mass is 35.5. The maximum Gasteiger partial charge on any atom is 0.126 e. The van der Waals surface area contributed by atoms with Crippen LogP contribution >= 0.6 is 11.6 Å². The van der Waals surface area contributed by atoms with E-state index in [1.165, 1.54) is 0 Å². The van der Waals surface area contributed by atoms with Crippen molar-refractivity contribution in [1.29, 1.82) is 0 Å². The van der Waals surface area contributed by atoms with E-state index in [2.05, 4.69) is 10.3 Å². The quantitative estimate of drug-likeness (QED) is 0.859. The molecule has 0 radical (unpaired) electrons. The van der Waals surface area contributed by atoms with Gasteiger partial charge in [0.1, 0.15) is 24.3 Å². The summed E-state index contributed by atoms with van der Waals surface area (Å²) in [5.41, 5.74) is 1.12. The summed E-state index contributed by atoms with van der Waals surface area (Å²) in [5.74, 6) is 1.43. The van der Waals surface area contributed by atoms with E-state index in [0.29, 0.717) is 17.3 Å². The van der Waals surface area contributed by atoms with Gasteiger partial charge >= 0.3 is 0 Å². The summed E-state index contributed by atoms with van der Waals surface area (Å²) in [6, 6.07) is 10.9. The van der Waals surface area contributed by atoms with Crippen LogP contribution in [-0.2, 0) is 0 Å². The zero-order valence-corrected chi connectivity index (χ0v) is 12.0. The van der Waals surface area contributed by atoms with Crippen LogP contribution in [0.15, 0.2) is 42.6 Å². The normalized spacial score (nSPS) is 11.9. The predicted octanol–water partition coefficient (Wildman–Crippen LogP) is 2.90. The van der Waals surface area contributed by atoms with E-state index in [4.69, 9.17) is 16.3 Å². The lowest BCUT2D eigenvalue weighted by atomic mass is 10.3. The van der Waals surface area contributed by atoms with Crippen molar-refractivity contribution in [1.82, 2.24) is 4.98 Å². The molecule has 0 aliphatic carbocycles. The second-order valence-electron chi connectivity index (χ2n) is 4.52. The third kappa shape index (κ3) is 4.72. The Morgan fingerprint density at radius 1 is 1.30 bits per heavy atom. The minimum atomic E-state index is -0.618. The number of rotatable bonds is 6. The van der Waals surface area contributed by atoms with E-state index in [1.54, 1.807) is 30.5 Å². The van der Waals surface area contributed by atoms with E-state index in [9.17, 15) is 5.11 Å². The number of aromatic nitrogens is 1. The van der Waals surface area contributed by atoms with Crippen molar-refractivity contribution in [2.45, 2.75) is 13.0 Å². The summed E-state index contributed by atoms with van der Waals surface area (Å²) in [6.07, 6.45) is 1.11. The Bertz CT molecular complexity index is 546. The molecule has 0 saturated heterocycles. The van der Waals surface area contributed by atoms with Crippen LogP contribution in [0, 0.1) is 6.92 Å². The number of nitrogens with one attached hydrogen (secondary N) is 1. The lowest BCUT2D eigenvalue weighted by Gasteiger charge is -2.13. The lowest BCUT2D eigenvalue weighted by Crippen LogP contribution is -2.26. The standard InChI is InChI=1S/C15H17ClN2O2/c1-11-6-7-17-15(8-11)18-9-13(19)10-20-14-4-2-12(16)3-5-14/h2-8,13,19H,9-10H2,1H3,(H,17,18). The SMILES string of the molecule is Cc1ccnc(NCC(O)COc2ccc(Cl)cc2)c1. The number of halogens is 1. The van der Waals surface area contributed by atoms with Gasteiger partial charge in [0.15, 0.2) is 0 Å². The van der Waals surface area contributed by atoms with Gasteiger partial charge in [0.2, 0.25) is 0 Å². The highest BCUT2D eigenvalue weighted by molar-refractivity contribution is 6.30. The molecule has 0 amide bonds. The molecule has 1 aromatic heterocycles. The number of aliphatic hydroxyl groups is 1. The Labute approximate surface area is 123 Å². The summed E-state index contributed by atoms with van der Waals surface area (Å²) in [7, 11) is 0. The van der Waals surface area contributed by atoms with Crippen LogP contribution in [0.2, 0.25) is 5.02 Å². The van der Waals surface area contributed by atoms with Gasteiger partial charge in [0.05, 0.1) is 0 Å². The minimum Gasteiger partial charge on any atom is -0.491 e. The van der Waals surface area contributed by atoms with Gasteiger partial charge in [-0.2, -0.15) is 0 Å². The van der Waals surface area contributed by atoms with Gasteiger partial charge in [0, 0.05) is 17.8 Å². The zero-order valence-electron chi connectivity index (χ0n) is 11.2. The Hall–Kier alpha value is -1.78. The van der Waals surface area contributed by atoms with Crippen molar-refractivity contribution < 1.29 is 9.84 Å². The average molecular weight is 293 g/mol. The van der Waals surface area contributed by atoms with Crippen molar-refractivity contribution in [3.05, 3.63) is 53.2 Å². The van der Waals surface area contributed by atoms with Gasteiger partial charge in [-0.05, 0) is 48.9 Å². The maximum atomic E-state index is 9.85. The predicted molar refractivity (Wildman–Crippen MR) is 80.4 cm³/mol. The smallest absolute Gasteiger partial charge is 0.126 e. The highest BCUT2D eigenvalue weighted by Crippen LogP contribution is 2.15. The molecule has 5 heteroatoms. The molecule has 1 unspecified atom stereocenters. The third-order valence-corrected chi connectivity index (χ3v) is 2.94. The first-order valence-electron chi connectivity index (χ1n) is 6.36. The Kier molecular flexibility index (Phi) is 5.21. The van der Waals surface area contributed by atoms with Crippen molar-refractivity contribution in [3.63, 3.8) is 0 Å². The molecule has 4 nitrogen and oxygen atoms in total. The van der Waals surface area contributed by atoms with Crippen LogP contribution in [0.5, 0.6) is 5.75 Å². The summed E-state index contributed by atoms with van der Waals surface area (Å²) in [6.45, 7) is 2.58. The van der Waals surface area contributed by atoms with Gasteiger partial charge in [-0.1, -0.05) is 11.6 Å². The number of benzene rings is 1. The molecule has 2 rings (SSSR count). The number of pyridine rings is 1. The van der Waals surface area contributed by atoms with Gasteiger partial charge in [0.25, 0.3) is 0 Å². The Balaban J connectivity index is 1.75. The van der Waals surface area contributed by atoms with Gasteiger partial charge < -0.3 is 15.2 Å². The highest BCUT2D eigenvalue weighted by Gasteiger charge is 2.06. The zero-order chi connectivity index (χ0) is 14.4. The molecule has 1 heterocycles. The second-order valence-corrected chi connectivity index (χ2v) is 4.95. The molecule has 2 N–H and O–H groups in total. The van der Waals surface area contributed by atoms with Crippen LogP contribution in [0.4, 0.5) is 5.82 Å². The molecular weight excluding hydrogens is 276 g/mol. The summed E-state index contributed by atoms with van der Waals surface area (Å²) < 4.78 is 5.47. The van der Waals surface area contributed by atoms with Crippen molar-refractivity contribution in [3.8, 4) is 5.75 Å². The molecule has 0 spiro atoms. The van der Waals surface area contributed by atoms with Crippen molar-refractivity contribution >= 4 is 17.4 Å². The number of hydrogen-bond donors (Lipinski definition) is 2. The fraction of sp³-hybridized carbons (Fsp3) is 0.267. The van der Waals surface area contributed by atoms with Crippen LogP contribution in [0.3, 0.4) is 0 Å².